The van der Waals surface area contributed by atoms with Crippen molar-refractivity contribution >= 4 is 85.3 Å². The molecular weight excluding hydrogens is 763 g/mol. The molecule has 3 heterocycles. The third kappa shape index (κ3) is 10.3. The lowest BCUT2D eigenvalue weighted by Crippen LogP contribution is -2.29. The Morgan fingerprint density at radius 1 is 0.786 bits per heavy atom. The quantitative estimate of drug-likeness (QED) is 0.0774. The van der Waals surface area contributed by atoms with E-state index in [1.165, 1.54) is 63.3 Å². The molecule has 7 rings (SSSR count). The maximum absolute atomic E-state index is 13.5. The zero-order chi connectivity index (χ0) is 38.9. The van der Waals surface area contributed by atoms with Gasteiger partial charge in [-0.1, -0.05) is 43.1 Å². The van der Waals surface area contributed by atoms with Crippen molar-refractivity contribution in [3.63, 3.8) is 0 Å². The highest BCUT2D eigenvalue weighted by atomic mass is 35.5. The Bertz CT molecular complexity index is 2360. The van der Waals surface area contributed by atoms with Crippen LogP contribution in [0.25, 0.3) is 21.8 Å². The lowest BCUT2D eigenvalue weighted by Gasteiger charge is -2.24. The minimum Gasteiger partial charge on any atom is -0.495 e. The number of nitrogens with two attached hydrogens (primary N) is 1. The van der Waals surface area contributed by atoms with Gasteiger partial charge in [0.05, 0.1) is 46.7 Å². The minimum atomic E-state index is -0.502. The standard InChI is InChI=1S/C24H25ClFN5O2.C15H12ClFN4O.CH4/c1-33-22-14-20-17(24(28-15-27-20)29-16-7-8-19(26)18(25)12-16)13-21(22)30-23(32)6-5-11-31-9-3-2-4-10-31;1-22-14-6-13-9(5-12(14)18)15(20-7-19-13)21-8-2-3-11(17)10(16)4-8;/h5-8,12-15H,2-4,9-11H2,1H3,(H,30,32)(H,27,28,29);2-7H,18H2,1H3,(H,19,20,21);1H4/b6-5+;;. The number of nitrogens with zero attached hydrogens (tertiary/aromatic N) is 5. The van der Waals surface area contributed by atoms with Gasteiger partial charge in [0, 0.05) is 46.9 Å². The van der Waals surface area contributed by atoms with E-state index in [9.17, 15) is 13.6 Å². The Kier molecular flexibility index (Phi) is 14.1. The summed E-state index contributed by atoms with van der Waals surface area (Å²) in [5.41, 5.74) is 9.38. The van der Waals surface area contributed by atoms with E-state index in [-0.39, 0.29) is 23.4 Å². The highest BCUT2D eigenvalue weighted by Gasteiger charge is 2.14. The van der Waals surface area contributed by atoms with E-state index < -0.39 is 11.6 Å². The van der Waals surface area contributed by atoms with Crippen molar-refractivity contribution in [2.24, 2.45) is 0 Å². The molecule has 0 saturated carbocycles. The number of rotatable bonds is 10. The molecule has 0 bridgehead atoms. The van der Waals surface area contributed by atoms with Gasteiger partial charge in [-0.15, -0.1) is 0 Å². The van der Waals surface area contributed by atoms with Gasteiger partial charge in [-0.2, -0.15) is 0 Å². The molecule has 1 amide bonds. The Morgan fingerprint density at radius 2 is 1.32 bits per heavy atom. The number of methoxy groups -OCH3 is 2. The van der Waals surface area contributed by atoms with Gasteiger partial charge in [0.1, 0.15) is 47.4 Å². The molecule has 16 heteroatoms. The van der Waals surface area contributed by atoms with Gasteiger partial charge < -0.3 is 31.2 Å². The van der Waals surface area contributed by atoms with E-state index in [0.717, 1.165) is 25.0 Å². The normalized spacial score (nSPS) is 12.8. The van der Waals surface area contributed by atoms with Crippen LogP contribution in [0.2, 0.25) is 10.0 Å². The fraction of sp³-hybridized carbons (Fsp3) is 0.225. The smallest absolute Gasteiger partial charge is 0.248 e. The summed E-state index contributed by atoms with van der Waals surface area (Å²) in [4.78, 5) is 31.9. The first kappa shape index (κ1) is 41.3. The fourth-order valence-corrected chi connectivity index (χ4v) is 6.23. The predicted octanol–water partition coefficient (Wildman–Crippen LogP) is 9.55. The molecular formula is C40H41Cl2F2N9O3. The van der Waals surface area contributed by atoms with Gasteiger partial charge in [-0.05, 0) is 74.5 Å². The van der Waals surface area contributed by atoms with Gasteiger partial charge in [0.2, 0.25) is 5.91 Å². The number of likely N-dealkylation sites (tertiary alicyclic amines) is 1. The van der Waals surface area contributed by atoms with Gasteiger partial charge in [-0.3, -0.25) is 9.69 Å². The van der Waals surface area contributed by atoms with Crippen LogP contribution in [-0.2, 0) is 4.79 Å². The van der Waals surface area contributed by atoms with E-state index in [1.54, 1.807) is 49.6 Å². The van der Waals surface area contributed by atoms with Crippen molar-refractivity contribution in [1.29, 1.82) is 0 Å². The highest BCUT2D eigenvalue weighted by Crippen LogP contribution is 2.34. The van der Waals surface area contributed by atoms with E-state index in [4.69, 9.17) is 38.4 Å². The lowest BCUT2D eigenvalue weighted by molar-refractivity contribution is -0.111. The number of nitrogen functional groups attached to an aromatic ring is 1. The van der Waals surface area contributed by atoms with E-state index >= 15 is 0 Å². The fourth-order valence-electron chi connectivity index (χ4n) is 5.87. The number of amides is 1. The topological polar surface area (TPSA) is 152 Å². The Morgan fingerprint density at radius 3 is 1.86 bits per heavy atom. The summed E-state index contributed by atoms with van der Waals surface area (Å²) in [7, 11) is 3.07. The lowest BCUT2D eigenvalue weighted by atomic mass is 10.1. The number of fused-ring (bicyclic) bond motifs is 2. The average Bonchev–Trinajstić information content (AvgIpc) is 3.18. The molecule has 5 N–H and O–H groups in total. The van der Waals surface area contributed by atoms with Crippen LogP contribution in [0.4, 0.5) is 43.2 Å². The van der Waals surface area contributed by atoms with E-state index in [1.807, 2.05) is 6.08 Å². The Labute approximate surface area is 333 Å². The van der Waals surface area contributed by atoms with Crippen LogP contribution in [0.1, 0.15) is 26.7 Å². The summed E-state index contributed by atoms with van der Waals surface area (Å²) < 4.78 is 37.3. The molecule has 0 spiro atoms. The Hall–Kier alpha value is -5.83. The average molecular weight is 805 g/mol. The number of ether oxygens (including phenoxy) is 2. The highest BCUT2D eigenvalue weighted by molar-refractivity contribution is 6.31. The van der Waals surface area contributed by atoms with Crippen molar-refractivity contribution in [1.82, 2.24) is 24.8 Å². The third-order valence-electron chi connectivity index (χ3n) is 8.65. The number of carbonyl (C=O) groups is 1. The zero-order valence-corrected chi connectivity index (χ0v) is 31.4. The van der Waals surface area contributed by atoms with Crippen LogP contribution < -0.4 is 31.2 Å². The van der Waals surface area contributed by atoms with Crippen molar-refractivity contribution in [2.75, 3.05) is 55.5 Å². The number of hydrogen-bond acceptors (Lipinski definition) is 11. The summed E-state index contributed by atoms with van der Waals surface area (Å²) in [6.45, 7) is 2.89. The SMILES string of the molecule is C.COc1cc2ncnc(Nc3ccc(F)c(Cl)c3)c2cc1N.COc1cc2ncnc(Nc3ccc(F)c(Cl)c3)c2cc1NC(=O)/C=C/CN1CCCCC1. The summed E-state index contributed by atoms with van der Waals surface area (Å²) in [6, 6.07) is 15.6. The van der Waals surface area contributed by atoms with Gasteiger partial charge >= 0.3 is 0 Å². The largest absolute Gasteiger partial charge is 0.495 e. The molecule has 4 aromatic carbocycles. The maximum Gasteiger partial charge on any atom is 0.248 e. The Balaban J connectivity index is 0.000000227. The summed E-state index contributed by atoms with van der Waals surface area (Å²) >= 11 is 11.7. The van der Waals surface area contributed by atoms with Crippen LogP contribution >= 0.6 is 23.2 Å². The summed E-state index contributed by atoms with van der Waals surface area (Å²) in [5, 5.41) is 10.5. The van der Waals surface area contributed by atoms with Crippen molar-refractivity contribution in [3.05, 3.63) is 107 Å². The number of benzene rings is 4. The van der Waals surface area contributed by atoms with Crippen LogP contribution in [0.15, 0.2) is 85.5 Å². The molecule has 6 aromatic rings. The van der Waals surface area contributed by atoms with Gasteiger partial charge in [0.15, 0.2) is 0 Å². The zero-order valence-electron chi connectivity index (χ0n) is 29.9. The number of halogens is 4. The first-order chi connectivity index (χ1) is 26.6. The van der Waals surface area contributed by atoms with Crippen LogP contribution in [0.5, 0.6) is 11.5 Å². The number of carbonyl (C=O) groups excluding carboxylic acids is 1. The van der Waals surface area contributed by atoms with E-state index in [0.29, 0.717) is 62.3 Å². The molecule has 0 radical (unpaired) electrons. The van der Waals surface area contributed by atoms with Gasteiger partial charge in [0.25, 0.3) is 0 Å². The molecule has 1 aliphatic rings. The van der Waals surface area contributed by atoms with Crippen LogP contribution in [0.3, 0.4) is 0 Å². The molecule has 292 valence electrons. The molecule has 0 unspecified atom stereocenters. The van der Waals surface area contributed by atoms with Crippen LogP contribution in [-0.4, -0.2) is 64.6 Å². The molecule has 1 saturated heterocycles. The molecule has 0 aliphatic carbocycles. The number of hydrogen-bond donors (Lipinski definition) is 4. The second kappa shape index (κ2) is 19.2. The minimum absolute atomic E-state index is 0. The number of anilines is 6. The molecule has 56 heavy (non-hydrogen) atoms. The third-order valence-corrected chi connectivity index (χ3v) is 9.23. The molecule has 2 aromatic heterocycles. The first-order valence-electron chi connectivity index (χ1n) is 17.2. The number of aromatic nitrogens is 4. The van der Waals surface area contributed by atoms with Crippen LogP contribution in [0, 0.1) is 11.6 Å². The monoisotopic (exact) mass is 803 g/mol. The van der Waals surface area contributed by atoms with Gasteiger partial charge in [-0.25, -0.2) is 28.7 Å². The van der Waals surface area contributed by atoms with Crippen molar-refractivity contribution < 1.29 is 23.0 Å². The summed E-state index contributed by atoms with van der Waals surface area (Å²) in [6.07, 6.45) is 9.94. The molecule has 1 fully saturated rings. The first-order valence-corrected chi connectivity index (χ1v) is 17.9. The van der Waals surface area contributed by atoms with Crippen molar-refractivity contribution in [3.8, 4) is 11.5 Å². The molecule has 0 atom stereocenters. The maximum atomic E-state index is 13.5. The second-order valence-corrected chi connectivity index (χ2v) is 13.2. The second-order valence-electron chi connectivity index (χ2n) is 12.4. The summed E-state index contributed by atoms with van der Waals surface area (Å²) in [5.74, 6) is 0.827. The van der Waals surface area contributed by atoms with Crippen molar-refractivity contribution in [2.45, 2.75) is 26.7 Å². The number of piperidine rings is 1. The van der Waals surface area contributed by atoms with E-state index in [2.05, 4.69) is 40.8 Å². The number of nitrogens with one attached hydrogen (secondary N) is 3. The molecule has 12 nitrogen and oxygen atoms in total. The molecule has 1 aliphatic heterocycles. The predicted molar refractivity (Wildman–Crippen MR) is 221 cm³/mol.